The van der Waals surface area contributed by atoms with Crippen molar-refractivity contribution < 1.29 is 4.74 Å². The van der Waals surface area contributed by atoms with Crippen molar-refractivity contribution in [1.82, 2.24) is 0 Å². The van der Waals surface area contributed by atoms with Gasteiger partial charge in [0.05, 0.1) is 7.11 Å². The molecule has 0 spiro atoms. The maximum Gasteiger partial charge on any atom is 0.119 e. The molecule has 0 aromatic heterocycles. The fourth-order valence-corrected chi connectivity index (χ4v) is 4.00. The number of benzene rings is 1. The van der Waals surface area contributed by atoms with Crippen LogP contribution in [0.1, 0.15) is 0 Å². The van der Waals surface area contributed by atoms with Crippen molar-refractivity contribution in [1.29, 1.82) is 0 Å². The van der Waals surface area contributed by atoms with E-state index in [1.54, 1.807) is 7.11 Å². The van der Waals surface area contributed by atoms with Crippen LogP contribution in [0.5, 0.6) is 5.75 Å². The molecule has 1 aromatic carbocycles. The van der Waals surface area contributed by atoms with Crippen LogP contribution in [0.2, 0.25) is 0 Å². The zero-order valence-corrected chi connectivity index (χ0v) is 9.30. The van der Waals surface area contributed by atoms with Gasteiger partial charge in [0.25, 0.3) is 0 Å². The van der Waals surface area contributed by atoms with Crippen molar-refractivity contribution in [2.45, 2.75) is 0 Å². The Morgan fingerprint density at radius 3 is 2.69 bits per heavy atom. The Labute approximate surface area is 84.2 Å². The predicted molar refractivity (Wildman–Crippen MR) is 61.1 cm³/mol. The molecule has 0 aliphatic carbocycles. The summed E-state index contributed by atoms with van der Waals surface area (Å²) < 4.78 is 7.52. The standard InChI is InChI=1S/C9H12NOPS/c1-11-9-4-2-8(3-5-9)10-6-7-13-12-10/h2-5,12H,6-7H2,1H3. The molecular formula is C9H12NOPS. The molecule has 1 atom stereocenters. The summed E-state index contributed by atoms with van der Waals surface area (Å²) in [4.78, 5) is 0. The average molecular weight is 213 g/mol. The molecule has 0 bridgehead atoms. The Kier molecular flexibility index (Phi) is 2.97. The normalized spacial score (nSPS) is 18.1. The second-order valence-electron chi connectivity index (χ2n) is 2.79. The molecular weight excluding hydrogens is 201 g/mol. The third-order valence-electron chi connectivity index (χ3n) is 1.98. The van der Waals surface area contributed by atoms with E-state index >= 15 is 0 Å². The molecule has 0 radical (unpaired) electrons. The molecule has 0 saturated carbocycles. The third-order valence-corrected chi connectivity index (χ3v) is 4.85. The minimum atomic E-state index is 0.884. The molecule has 2 nitrogen and oxygen atoms in total. The van der Waals surface area contributed by atoms with Gasteiger partial charge in [-0.2, -0.15) is 0 Å². The first-order valence-electron chi connectivity index (χ1n) is 4.19. The molecule has 1 aliphatic heterocycles. The molecule has 1 heterocycles. The number of hydrogen-bond donors (Lipinski definition) is 0. The van der Waals surface area contributed by atoms with E-state index < -0.39 is 0 Å². The van der Waals surface area contributed by atoms with Crippen molar-refractivity contribution >= 4 is 25.0 Å². The highest BCUT2D eigenvalue weighted by Gasteiger charge is 2.12. The molecule has 1 aliphatic rings. The number of methoxy groups -OCH3 is 1. The summed E-state index contributed by atoms with van der Waals surface area (Å²) in [5.74, 6) is 2.18. The van der Waals surface area contributed by atoms with Crippen LogP contribution in [0.3, 0.4) is 0 Å². The van der Waals surface area contributed by atoms with E-state index in [2.05, 4.69) is 16.8 Å². The van der Waals surface area contributed by atoms with Crippen molar-refractivity contribution in [2.75, 3.05) is 24.1 Å². The van der Waals surface area contributed by atoms with Gasteiger partial charge in [-0.15, -0.1) is 11.4 Å². The number of ether oxygens (including phenoxy) is 1. The fraction of sp³-hybridized carbons (Fsp3) is 0.333. The summed E-state index contributed by atoms with van der Waals surface area (Å²) in [6.45, 7) is 1.18. The van der Waals surface area contributed by atoms with Crippen molar-refractivity contribution in [3.8, 4) is 5.75 Å². The SMILES string of the molecule is COc1ccc(N2CCSP2)cc1. The first kappa shape index (κ1) is 9.17. The molecule has 1 aromatic rings. The van der Waals surface area contributed by atoms with Gasteiger partial charge in [-0.05, 0) is 24.3 Å². The van der Waals surface area contributed by atoms with Crippen LogP contribution >= 0.6 is 19.3 Å². The zero-order chi connectivity index (χ0) is 9.10. The van der Waals surface area contributed by atoms with Crippen molar-refractivity contribution in [2.24, 2.45) is 0 Å². The quantitative estimate of drug-likeness (QED) is 0.701. The van der Waals surface area contributed by atoms with Crippen LogP contribution in [-0.4, -0.2) is 19.4 Å². The highest BCUT2D eigenvalue weighted by atomic mass is 32.7. The van der Waals surface area contributed by atoms with Crippen molar-refractivity contribution in [3.63, 3.8) is 0 Å². The summed E-state index contributed by atoms with van der Waals surface area (Å²) >= 11 is 2.01. The lowest BCUT2D eigenvalue weighted by Crippen LogP contribution is -2.08. The van der Waals surface area contributed by atoms with Crippen LogP contribution in [0.25, 0.3) is 0 Å². The summed E-state index contributed by atoms with van der Waals surface area (Å²) in [6.07, 6.45) is 0. The number of nitrogens with zero attached hydrogens (tertiary/aromatic N) is 1. The van der Waals surface area contributed by atoms with Gasteiger partial charge >= 0.3 is 0 Å². The Balaban J connectivity index is 2.12. The second-order valence-corrected chi connectivity index (χ2v) is 5.62. The first-order valence-corrected chi connectivity index (χ1v) is 6.85. The van der Waals surface area contributed by atoms with Crippen LogP contribution in [0, 0.1) is 0 Å². The summed E-state index contributed by atoms with van der Waals surface area (Å²) in [6, 6.07) is 8.28. The van der Waals surface area contributed by atoms with Crippen molar-refractivity contribution in [3.05, 3.63) is 24.3 Å². The van der Waals surface area contributed by atoms with E-state index in [1.165, 1.54) is 18.0 Å². The van der Waals surface area contributed by atoms with Gasteiger partial charge < -0.3 is 9.41 Å². The smallest absolute Gasteiger partial charge is 0.119 e. The van der Waals surface area contributed by atoms with E-state index in [-0.39, 0.29) is 0 Å². The van der Waals surface area contributed by atoms with E-state index in [9.17, 15) is 0 Å². The molecule has 1 saturated heterocycles. The zero-order valence-electron chi connectivity index (χ0n) is 7.49. The second kappa shape index (κ2) is 4.21. The monoisotopic (exact) mass is 213 g/mol. The molecule has 0 N–H and O–H groups in total. The van der Waals surface area contributed by atoms with Gasteiger partial charge in [-0.3, -0.25) is 0 Å². The topological polar surface area (TPSA) is 12.5 Å². The largest absolute Gasteiger partial charge is 0.497 e. The molecule has 70 valence electrons. The van der Waals surface area contributed by atoms with Crippen LogP contribution < -0.4 is 9.41 Å². The maximum absolute atomic E-state index is 5.11. The van der Waals surface area contributed by atoms with Gasteiger partial charge in [-0.1, -0.05) is 0 Å². The van der Waals surface area contributed by atoms with Gasteiger partial charge in [0.1, 0.15) is 5.75 Å². The molecule has 13 heavy (non-hydrogen) atoms. The Morgan fingerprint density at radius 1 is 1.38 bits per heavy atom. The fourth-order valence-electron chi connectivity index (χ4n) is 1.25. The summed E-state index contributed by atoms with van der Waals surface area (Å²) in [7, 11) is 2.58. The highest BCUT2D eigenvalue weighted by Crippen LogP contribution is 2.43. The molecule has 1 fully saturated rings. The summed E-state index contributed by atoms with van der Waals surface area (Å²) in [5, 5.41) is 0. The van der Waals surface area contributed by atoms with E-state index in [0.717, 1.165) is 13.7 Å². The number of hydrogen-bond acceptors (Lipinski definition) is 3. The predicted octanol–water partition coefficient (Wildman–Crippen LogP) is 2.76. The molecule has 4 heteroatoms. The minimum Gasteiger partial charge on any atom is -0.497 e. The first-order chi connectivity index (χ1) is 6.40. The molecule has 1 unspecified atom stereocenters. The Morgan fingerprint density at radius 2 is 2.15 bits per heavy atom. The van der Waals surface area contributed by atoms with Crippen LogP contribution in [0.15, 0.2) is 24.3 Å². The number of rotatable bonds is 2. The third kappa shape index (κ3) is 2.09. The maximum atomic E-state index is 5.11. The Hall–Kier alpha value is -0.400. The average Bonchev–Trinajstić information content (AvgIpc) is 2.71. The lowest BCUT2D eigenvalue weighted by Gasteiger charge is -2.15. The molecule has 0 amide bonds. The van der Waals surface area contributed by atoms with Gasteiger partial charge in [0.2, 0.25) is 0 Å². The van der Waals surface area contributed by atoms with E-state index in [4.69, 9.17) is 4.74 Å². The Bertz CT molecular complexity index is 271. The lowest BCUT2D eigenvalue weighted by atomic mass is 10.3. The minimum absolute atomic E-state index is 0.884. The van der Waals surface area contributed by atoms with Gasteiger partial charge in [0, 0.05) is 25.9 Å². The van der Waals surface area contributed by atoms with Crippen LogP contribution in [0.4, 0.5) is 5.69 Å². The number of anilines is 1. The van der Waals surface area contributed by atoms with Crippen LogP contribution in [-0.2, 0) is 0 Å². The highest BCUT2D eigenvalue weighted by molar-refractivity contribution is 8.50. The lowest BCUT2D eigenvalue weighted by molar-refractivity contribution is 0.415. The van der Waals surface area contributed by atoms with Gasteiger partial charge in [0.15, 0.2) is 0 Å². The van der Waals surface area contributed by atoms with Gasteiger partial charge in [-0.25, -0.2) is 0 Å². The molecule has 2 rings (SSSR count). The van der Waals surface area contributed by atoms with E-state index in [0.29, 0.717) is 0 Å². The van der Waals surface area contributed by atoms with E-state index in [1.807, 2.05) is 23.5 Å². The summed E-state index contributed by atoms with van der Waals surface area (Å²) in [5.41, 5.74) is 1.31.